The van der Waals surface area contributed by atoms with E-state index in [4.69, 9.17) is 4.98 Å². The summed E-state index contributed by atoms with van der Waals surface area (Å²) in [5.74, 6) is -0.851. The highest BCUT2D eigenvalue weighted by atomic mass is 19.1. The molecule has 0 aliphatic carbocycles. The fraction of sp³-hybridized carbons (Fsp3) is 0.229. The summed E-state index contributed by atoms with van der Waals surface area (Å²) in [6.45, 7) is 4.40. The van der Waals surface area contributed by atoms with Crippen LogP contribution in [0.2, 0.25) is 0 Å². The molecule has 1 fully saturated rings. The first kappa shape index (κ1) is 29.0. The molecule has 0 spiro atoms. The summed E-state index contributed by atoms with van der Waals surface area (Å²) in [5, 5.41) is 10.1. The van der Waals surface area contributed by atoms with Crippen LogP contribution in [0.5, 0.6) is 0 Å². The van der Waals surface area contributed by atoms with Gasteiger partial charge in [0.05, 0.1) is 16.8 Å². The van der Waals surface area contributed by atoms with E-state index in [1.54, 1.807) is 37.1 Å². The Labute approximate surface area is 254 Å². The van der Waals surface area contributed by atoms with E-state index in [-0.39, 0.29) is 50.1 Å². The zero-order valence-corrected chi connectivity index (χ0v) is 24.6. The third-order valence-corrected chi connectivity index (χ3v) is 8.59. The van der Waals surface area contributed by atoms with Crippen molar-refractivity contribution in [3.05, 3.63) is 130 Å². The molecule has 0 bridgehead atoms. The second kappa shape index (κ2) is 11.9. The van der Waals surface area contributed by atoms with Crippen molar-refractivity contribution in [1.29, 1.82) is 0 Å². The minimum atomic E-state index is -1.01. The van der Waals surface area contributed by atoms with E-state index >= 15 is 0 Å². The number of para-hydroxylation sites is 1. The van der Waals surface area contributed by atoms with Crippen LogP contribution in [0, 0.1) is 25.5 Å². The van der Waals surface area contributed by atoms with Crippen molar-refractivity contribution in [2.24, 2.45) is 0 Å². The summed E-state index contributed by atoms with van der Waals surface area (Å²) in [7, 11) is 0. The lowest BCUT2D eigenvalue weighted by atomic mass is 9.99. The predicted molar refractivity (Wildman–Crippen MR) is 164 cm³/mol. The van der Waals surface area contributed by atoms with Gasteiger partial charge in [-0.1, -0.05) is 42.5 Å². The van der Waals surface area contributed by atoms with Gasteiger partial charge in [-0.05, 0) is 66.4 Å². The van der Waals surface area contributed by atoms with Gasteiger partial charge in [0.2, 0.25) is 0 Å². The largest absolute Gasteiger partial charge is 0.465 e. The normalized spacial score (nSPS) is 13.5. The van der Waals surface area contributed by atoms with E-state index in [9.17, 15) is 23.5 Å². The summed E-state index contributed by atoms with van der Waals surface area (Å²) < 4.78 is 31.4. The van der Waals surface area contributed by atoms with Crippen molar-refractivity contribution in [2.45, 2.75) is 26.7 Å². The predicted octanol–water partition coefficient (Wildman–Crippen LogP) is 6.54. The number of pyridine rings is 1. The number of hydrogen-bond donors (Lipinski definition) is 1. The van der Waals surface area contributed by atoms with Crippen LogP contribution < -0.4 is 0 Å². The van der Waals surface area contributed by atoms with Gasteiger partial charge in [-0.3, -0.25) is 9.78 Å². The summed E-state index contributed by atoms with van der Waals surface area (Å²) >= 11 is 0. The summed E-state index contributed by atoms with van der Waals surface area (Å²) in [6, 6.07) is 21.4. The SMILES string of the molecule is Cc1c(F)cccc1Cc1nccc2c(C(=O)N3CCN(C(=O)O)CC3)c(Cc3cccc(F)c3C)n(-c3ccccc3)c12. The number of carbonyl (C=O) groups is 2. The molecule has 224 valence electrons. The monoisotopic (exact) mass is 594 g/mol. The van der Waals surface area contributed by atoms with Crippen molar-refractivity contribution >= 4 is 22.9 Å². The number of piperazine rings is 1. The van der Waals surface area contributed by atoms with E-state index in [1.807, 2.05) is 53.1 Å². The maximum atomic E-state index is 14.8. The van der Waals surface area contributed by atoms with Gasteiger partial charge in [-0.25, -0.2) is 13.6 Å². The Bertz CT molecular complexity index is 1880. The first-order valence-corrected chi connectivity index (χ1v) is 14.6. The number of benzene rings is 3. The van der Waals surface area contributed by atoms with Crippen molar-refractivity contribution in [3.63, 3.8) is 0 Å². The van der Waals surface area contributed by atoms with Crippen LogP contribution in [-0.4, -0.2) is 62.6 Å². The van der Waals surface area contributed by atoms with Gasteiger partial charge >= 0.3 is 6.09 Å². The quantitative estimate of drug-likeness (QED) is 0.242. The van der Waals surface area contributed by atoms with Crippen molar-refractivity contribution in [2.75, 3.05) is 26.2 Å². The molecule has 1 saturated heterocycles. The molecule has 0 unspecified atom stereocenters. The molecule has 5 aromatic rings. The zero-order chi connectivity index (χ0) is 31.0. The van der Waals surface area contributed by atoms with Crippen LogP contribution in [0.15, 0.2) is 79.0 Å². The van der Waals surface area contributed by atoms with Crippen LogP contribution in [0.1, 0.15) is 44.0 Å². The van der Waals surface area contributed by atoms with E-state index in [0.29, 0.717) is 39.9 Å². The lowest BCUT2D eigenvalue weighted by Crippen LogP contribution is -2.50. The number of hydrogen-bond acceptors (Lipinski definition) is 3. The standard InChI is InChI=1S/C35H32F2N4O3/c1-22-24(8-6-12-28(22)36)20-30-33-27(14-15-38-30)32(34(42)39-16-18-40(19-17-39)35(43)44)31(41(33)26-10-4-3-5-11-26)21-25-9-7-13-29(37)23(25)2/h3-15H,16-21H2,1-2H3,(H,43,44). The van der Waals surface area contributed by atoms with Gasteiger partial charge in [0, 0.05) is 62.0 Å². The van der Waals surface area contributed by atoms with Crippen molar-refractivity contribution in [3.8, 4) is 5.69 Å². The molecular weight excluding hydrogens is 562 g/mol. The summed E-state index contributed by atoms with van der Waals surface area (Å²) in [5.41, 5.74) is 5.90. The smallest absolute Gasteiger partial charge is 0.407 e. The molecule has 9 heteroatoms. The van der Waals surface area contributed by atoms with Gasteiger partial charge in [0.1, 0.15) is 11.6 Å². The molecule has 7 nitrogen and oxygen atoms in total. The second-order valence-electron chi connectivity index (χ2n) is 11.1. The lowest BCUT2D eigenvalue weighted by molar-refractivity contribution is 0.0625. The molecule has 1 aliphatic heterocycles. The molecular formula is C35H32F2N4O3. The van der Waals surface area contributed by atoms with Crippen LogP contribution >= 0.6 is 0 Å². The van der Waals surface area contributed by atoms with Crippen LogP contribution in [0.25, 0.3) is 16.6 Å². The Hall–Kier alpha value is -5.05. The minimum absolute atomic E-state index is 0.211. The third kappa shape index (κ3) is 5.30. The average Bonchev–Trinajstić information content (AvgIpc) is 3.36. The van der Waals surface area contributed by atoms with Crippen molar-refractivity contribution < 1.29 is 23.5 Å². The first-order valence-electron chi connectivity index (χ1n) is 14.6. The topological polar surface area (TPSA) is 78.7 Å². The molecule has 3 heterocycles. The molecule has 3 aromatic carbocycles. The molecule has 6 rings (SSSR count). The Morgan fingerprint density at radius 2 is 1.36 bits per heavy atom. The molecule has 2 amide bonds. The van der Waals surface area contributed by atoms with Gasteiger partial charge in [-0.15, -0.1) is 0 Å². The third-order valence-electron chi connectivity index (χ3n) is 8.59. The summed E-state index contributed by atoms with van der Waals surface area (Å²) in [4.78, 5) is 33.8. The molecule has 0 saturated carbocycles. The van der Waals surface area contributed by atoms with Gasteiger partial charge < -0.3 is 19.5 Å². The Balaban J connectivity index is 1.60. The van der Waals surface area contributed by atoms with E-state index in [2.05, 4.69) is 0 Å². The number of carboxylic acid groups (broad SMARTS) is 1. The second-order valence-corrected chi connectivity index (χ2v) is 11.1. The molecule has 2 aromatic heterocycles. The molecule has 1 aliphatic rings. The number of aromatic nitrogens is 2. The zero-order valence-electron chi connectivity index (χ0n) is 24.6. The Morgan fingerprint density at radius 3 is 1.98 bits per heavy atom. The van der Waals surface area contributed by atoms with Gasteiger partial charge in [0.25, 0.3) is 5.91 Å². The highest BCUT2D eigenvalue weighted by Gasteiger charge is 2.31. The van der Waals surface area contributed by atoms with Crippen LogP contribution in [-0.2, 0) is 12.8 Å². The molecule has 0 radical (unpaired) electrons. The maximum Gasteiger partial charge on any atom is 0.407 e. The Morgan fingerprint density at radius 1 is 0.773 bits per heavy atom. The average molecular weight is 595 g/mol. The summed E-state index contributed by atoms with van der Waals surface area (Å²) in [6.07, 6.45) is 1.25. The maximum absolute atomic E-state index is 14.8. The fourth-order valence-corrected chi connectivity index (χ4v) is 6.06. The van der Waals surface area contributed by atoms with Gasteiger partial charge in [0.15, 0.2) is 0 Å². The van der Waals surface area contributed by atoms with Gasteiger partial charge in [-0.2, -0.15) is 0 Å². The highest BCUT2D eigenvalue weighted by molar-refractivity contribution is 6.09. The highest BCUT2D eigenvalue weighted by Crippen LogP contribution is 2.35. The van der Waals surface area contributed by atoms with E-state index in [1.165, 1.54) is 17.0 Å². The number of rotatable bonds is 6. The van der Waals surface area contributed by atoms with E-state index < -0.39 is 6.09 Å². The number of nitrogens with zero attached hydrogens (tertiary/aromatic N) is 4. The lowest BCUT2D eigenvalue weighted by Gasteiger charge is -2.33. The molecule has 44 heavy (non-hydrogen) atoms. The number of amides is 2. The molecule has 0 atom stereocenters. The number of halogens is 2. The van der Waals surface area contributed by atoms with E-state index in [0.717, 1.165) is 22.3 Å². The minimum Gasteiger partial charge on any atom is -0.465 e. The van der Waals surface area contributed by atoms with Crippen LogP contribution in [0.3, 0.4) is 0 Å². The van der Waals surface area contributed by atoms with Crippen molar-refractivity contribution in [1.82, 2.24) is 19.4 Å². The fourth-order valence-electron chi connectivity index (χ4n) is 6.06. The first-order chi connectivity index (χ1) is 21.2. The molecule has 1 N–H and O–H groups in total. The number of carbonyl (C=O) groups excluding carboxylic acids is 1. The van der Waals surface area contributed by atoms with Crippen LogP contribution in [0.4, 0.5) is 13.6 Å². The number of fused-ring (bicyclic) bond motifs is 1. The Kier molecular flexibility index (Phi) is 7.86.